The molecule has 1 fully saturated rings. The molecule has 1 unspecified atom stereocenters. The molecule has 1 aliphatic rings. The summed E-state index contributed by atoms with van der Waals surface area (Å²) in [5.41, 5.74) is -0.423. The number of amides is 4. The highest BCUT2D eigenvalue weighted by Crippen LogP contribution is 2.33. The number of carbonyl (C=O) groups is 3. The SMILES string of the molecule is CCN(C(=O)CN1C(=O)NC(C)(c2ccccc2Cl)C1=O)c1ccc(F)cc1. The van der Waals surface area contributed by atoms with Crippen LogP contribution in [0.2, 0.25) is 5.02 Å². The van der Waals surface area contributed by atoms with Crippen molar-refractivity contribution in [2.45, 2.75) is 19.4 Å². The Kier molecular flexibility index (Phi) is 5.38. The zero-order valence-corrected chi connectivity index (χ0v) is 16.2. The van der Waals surface area contributed by atoms with Gasteiger partial charge in [0.1, 0.15) is 17.9 Å². The summed E-state index contributed by atoms with van der Waals surface area (Å²) in [5, 5.41) is 2.97. The topological polar surface area (TPSA) is 69.7 Å². The largest absolute Gasteiger partial charge is 0.325 e. The van der Waals surface area contributed by atoms with Crippen molar-refractivity contribution in [3.05, 3.63) is 64.9 Å². The highest BCUT2D eigenvalue weighted by Gasteiger charge is 2.50. The quantitative estimate of drug-likeness (QED) is 0.779. The Morgan fingerprint density at radius 2 is 1.82 bits per heavy atom. The normalized spacial score (nSPS) is 18.9. The number of nitrogens with zero attached hydrogens (tertiary/aromatic N) is 2. The number of likely N-dealkylation sites (N-methyl/N-ethyl adjacent to an activating group) is 1. The molecule has 0 radical (unpaired) electrons. The number of rotatable bonds is 5. The molecule has 3 rings (SSSR count). The zero-order valence-electron chi connectivity index (χ0n) is 15.4. The average molecular weight is 404 g/mol. The molecule has 0 aromatic heterocycles. The fourth-order valence-electron chi connectivity index (χ4n) is 3.23. The van der Waals surface area contributed by atoms with Crippen LogP contribution in [-0.2, 0) is 15.1 Å². The van der Waals surface area contributed by atoms with E-state index >= 15 is 0 Å². The molecule has 1 aliphatic heterocycles. The third kappa shape index (κ3) is 3.45. The maximum absolute atomic E-state index is 13.1. The van der Waals surface area contributed by atoms with Crippen LogP contribution in [0.1, 0.15) is 19.4 Å². The maximum Gasteiger partial charge on any atom is 0.325 e. The number of hydrogen-bond donors (Lipinski definition) is 1. The van der Waals surface area contributed by atoms with Crippen molar-refractivity contribution >= 4 is 35.1 Å². The molecule has 1 heterocycles. The molecule has 146 valence electrons. The van der Waals surface area contributed by atoms with Crippen molar-refractivity contribution in [1.29, 1.82) is 0 Å². The molecule has 1 N–H and O–H groups in total. The van der Waals surface area contributed by atoms with Gasteiger partial charge in [-0.15, -0.1) is 0 Å². The number of hydrogen-bond acceptors (Lipinski definition) is 3. The first kappa shape index (κ1) is 19.8. The lowest BCUT2D eigenvalue weighted by Gasteiger charge is -2.25. The van der Waals surface area contributed by atoms with E-state index in [1.165, 1.54) is 29.2 Å². The van der Waals surface area contributed by atoms with Crippen molar-refractivity contribution in [2.75, 3.05) is 18.0 Å². The Balaban J connectivity index is 1.83. The number of imide groups is 1. The van der Waals surface area contributed by atoms with E-state index in [1.54, 1.807) is 38.1 Å². The van der Waals surface area contributed by atoms with Crippen molar-refractivity contribution in [3.63, 3.8) is 0 Å². The lowest BCUT2D eigenvalue weighted by atomic mass is 9.92. The number of urea groups is 1. The summed E-state index contributed by atoms with van der Waals surface area (Å²) < 4.78 is 13.1. The Hall–Kier alpha value is -2.93. The van der Waals surface area contributed by atoms with Crippen LogP contribution in [0.5, 0.6) is 0 Å². The summed E-state index contributed by atoms with van der Waals surface area (Å²) in [5.74, 6) is -1.44. The molecule has 6 nitrogen and oxygen atoms in total. The minimum absolute atomic E-state index is 0.301. The van der Waals surface area contributed by atoms with Gasteiger partial charge in [0, 0.05) is 22.8 Å². The second-order valence-corrected chi connectivity index (χ2v) is 6.95. The molecular formula is C20H19ClFN3O3. The molecule has 0 saturated carbocycles. The van der Waals surface area contributed by atoms with Crippen LogP contribution in [0.4, 0.5) is 14.9 Å². The van der Waals surface area contributed by atoms with Gasteiger partial charge in [-0.3, -0.25) is 14.5 Å². The minimum Gasteiger partial charge on any atom is -0.319 e. The molecule has 0 bridgehead atoms. The first-order valence-corrected chi connectivity index (χ1v) is 9.10. The second kappa shape index (κ2) is 7.59. The number of carbonyl (C=O) groups excluding carboxylic acids is 3. The van der Waals surface area contributed by atoms with E-state index in [0.717, 1.165) is 4.90 Å². The molecule has 4 amide bonds. The third-order valence-corrected chi connectivity index (χ3v) is 5.07. The van der Waals surface area contributed by atoms with E-state index < -0.39 is 35.7 Å². The van der Waals surface area contributed by atoms with Crippen LogP contribution in [0, 0.1) is 5.82 Å². The maximum atomic E-state index is 13.1. The molecule has 8 heteroatoms. The lowest BCUT2D eigenvalue weighted by molar-refractivity contribution is -0.134. The smallest absolute Gasteiger partial charge is 0.319 e. The molecule has 0 aliphatic carbocycles. The van der Waals surface area contributed by atoms with Crippen molar-refractivity contribution < 1.29 is 18.8 Å². The highest BCUT2D eigenvalue weighted by molar-refractivity contribution is 6.32. The average Bonchev–Trinajstić information content (AvgIpc) is 2.88. The Bertz CT molecular complexity index is 935. The van der Waals surface area contributed by atoms with E-state index in [1.807, 2.05) is 0 Å². The highest BCUT2D eigenvalue weighted by atomic mass is 35.5. The van der Waals surface area contributed by atoms with Crippen LogP contribution in [-0.4, -0.2) is 35.8 Å². The van der Waals surface area contributed by atoms with Gasteiger partial charge in [-0.05, 0) is 44.2 Å². The molecular weight excluding hydrogens is 385 g/mol. The first-order chi connectivity index (χ1) is 13.3. The van der Waals surface area contributed by atoms with Gasteiger partial charge in [0.05, 0.1) is 0 Å². The van der Waals surface area contributed by atoms with E-state index in [4.69, 9.17) is 11.6 Å². The summed E-state index contributed by atoms with van der Waals surface area (Å²) >= 11 is 6.20. The number of nitrogens with one attached hydrogen (secondary N) is 1. The van der Waals surface area contributed by atoms with Gasteiger partial charge in [0.2, 0.25) is 5.91 Å². The molecule has 1 atom stereocenters. The first-order valence-electron chi connectivity index (χ1n) is 8.73. The van der Waals surface area contributed by atoms with Gasteiger partial charge in [-0.25, -0.2) is 9.18 Å². The van der Waals surface area contributed by atoms with Gasteiger partial charge in [0.15, 0.2) is 0 Å². The van der Waals surface area contributed by atoms with Gasteiger partial charge in [-0.2, -0.15) is 0 Å². The van der Waals surface area contributed by atoms with Gasteiger partial charge in [0.25, 0.3) is 5.91 Å². The molecule has 2 aromatic carbocycles. The Morgan fingerprint density at radius 3 is 2.43 bits per heavy atom. The van der Waals surface area contributed by atoms with Crippen LogP contribution in [0.15, 0.2) is 48.5 Å². The zero-order chi connectivity index (χ0) is 20.5. The molecule has 2 aromatic rings. The fourth-order valence-corrected chi connectivity index (χ4v) is 3.56. The lowest BCUT2D eigenvalue weighted by Crippen LogP contribution is -2.44. The monoisotopic (exact) mass is 403 g/mol. The fraction of sp³-hybridized carbons (Fsp3) is 0.250. The van der Waals surface area contributed by atoms with Crippen LogP contribution in [0.3, 0.4) is 0 Å². The van der Waals surface area contributed by atoms with E-state index in [9.17, 15) is 18.8 Å². The summed E-state index contributed by atoms with van der Waals surface area (Å²) in [6.45, 7) is 3.17. The molecule has 28 heavy (non-hydrogen) atoms. The summed E-state index contributed by atoms with van der Waals surface area (Å²) in [6, 6.07) is 11.5. The third-order valence-electron chi connectivity index (χ3n) is 4.74. The Morgan fingerprint density at radius 1 is 1.18 bits per heavy atom. The predicted octanol–water partition coefficient (Wildman–Crippen LogP) is 3.30. The van der Waals surface area contributed by atoms with E-state index in [2.05, 4.69) is 5.32 Å². The molecule has 0 spiro atoms. The van der Waals surface area contributed by atoms with Crippen LogP contribution < -0.4 is 10.2 Å². The summed E-state index contributed by atoms with van der Waals surface area (Å²) in [6.07, 6.45) is 0. The van der Waals surface area contributed by atoms with Crippen LogP contribution in [0.25, 0.3) is 0 Å². The second-order valence-electron chi connectivity index (χ2n) is 6.54. The van der Waals surface area contributed by atoms with Gasteiger partial charge >= 0.3 is 6.03 Å². The van der Waals surface area contributed by atoms with Crippen molar-refractivity contribution in [1.82, 2.24) is 10.2 Å². The van der Waals surface area contributed by atoms with Crippen molar-refractivity contribution in [2.24, 2.45) is 0 Å². The predicted molar refractivity (Wildman–Crippen MR) is 103 cm³/mol. The van der Waals surface area contributed by atoms with Crippen LogP contribution >= 0.6 is 11.6 Å². The van der Waals surface area contributed by atoms with Gasteiger partial charge in [-0.1, -0.05) is 29.8 Å². The van der Waals surface area contributed by atoms with Crippen molar-refractivity contribution in [3.8, 4) is 0 Å². The van der Waals surface area contributed by atoms with E-state index in [0.29, 0.717) is 22.8 Å². The minimum atomic E-state index is -1.36. The summed E-state index contributed by atoms with van der Waals surface area (Å²) in [4.78, 5) is 40.4. The van der Waals surface area contributed by atoms with E-state index in [-0.39, 0.29) is 0 Å². The summed E-state index contributed by atoms with van der Waals surface area (Å²) in [7, 11) is 0. The number of benzene rings is 2. The van der Waals surface area contributed by atoms with Gasteiger partial charge < -0.3 is 10.2 Å². The Labute approximate surface area is 166 Å². The number of halogens is 2. The standard InChI is InChI=1S/C20H19ClFN3O3/c1-3-24(14-10-8-13(22)9-11-14)17(26)12-25-18(27)20(2,23-19(25)28)15-6-4-5-7-16(15)21/h4-11H,3,12H2,1-2H3,(H,23,28). The number of anilines is 1. The molecule has 1 saturated heterocycles.